The molecule has 0 fully saturated rings. The summed E-state index contributed by atoms with van der Waals surface area (Å²) in [5.41, 5.74) is 6.26. The first-order valence-electron chi connectivity index (χ1n) is 5.49. The third-order valence-corrected chi connectivity index (χ3v) is 2.43. The number of H-pyrrole nitrogens is 1. The molecule has 9 nitrogen and oxygen atoms in total. The number of nitrogens with one attached hydrogen (secondary N) is 2. The van der Waals surface area contributed by atoms with Crippen molar-refractivity contribution in [3.05, 3.63) is 17.7 Å². The van der Waals surface area contributed by atoms with Crippen LogP contribution in [0.4, 0.5) is 5.69 Å². The van der Waals surface area contributed by atoms with E-state index in [1.165, 1.54) is 0 Å². The number of nitrogen functional groups attached to an aromatic ring is 1. The van der Waals surface area contributed by atoms with Gasteiger partial charge in [-0.1, -0.05) is 5.21 Å². The Bertz CT molecular complexity index is 531. The number of carbonyl (C=O) groups is 1. The Kier molecular flexibility index (Phi) is 3.22. The molecule has 0 saturated carbocycles. The molecule has 0 radical (unpaired) electrons. The maximum absolute atomic E-state index is 11.9. The Morgan fingerprint density at radius 2 is 2.44 bits per heavy atom. The molecule has 0 aliphatic heterocycles. The van der Waals surface area contributed by atoms with Gasteiger partial charge in [-0.15, -0.1) is 10.2 Å². The summed E-state index contributed by atoms with van der Waals surface area (Å²) in [5, 5.41) is 20.1. The van der Waals surface area contributed by atoms with Crippen LogP contribution < -0.4 is 11.1 Å². The molecule has 0 aliphatic rings. The van der Waals surface area contributed by atoms with Crippen molar-refractivity contribution in [2.75, 3.05) is 5.73 Å². The molecule has 96 valence electrons. The highest BCUT2D eigenvalue weighted by Crippen LogP contribution is 2.11. The lowest BCUT2D eigenvalue weighted by Gasteiger charge is -2.08. The average molecular weight is 250 g/mol. The number of aromatic amines is 1. The lowest BCUT2D eigenvalue weighted by Crippen LogP contribution is -2.28. The fourth-order valence-corrected chi connectivity index (χ4v) is 1.46. The molecule has 2 aromatic heterocycles. The van der Waals surface area contributed by atoms with Gasteiger partial charge in [0.05, 0.1) is 11.7 Å². The first kappa shape index (κ1) is 12.0. The molecular weight excluding hydrogens is 236 g/mol. The molecule has 9 heteroatoms. The van der Waals surface area contributed by atoms with Crippen molar-refractivity contribution in [2.24, 2.45) is 0 Å². The van der Waals surface area contributed by atoms with Crippen molar-refractivity contribution < 1.29 is 4.79 Å². The van der Waals surface area contributed by atoms with Gasteiger partial charge < -0.3 is 11.1 Å². The lowest BCUT2D eigenvalue weighted by molar-refractivity contribution is 0.0933. The Balaban J connectivity index is 2.09. The highest BCUT2D eigenvalue weighted by Gasteiger charge is 2.19. The zero-order valence-electron chi connectivity index (χ0n) is 10.1. The number of tetrazole rings is 1. The van der Waals surface area contributed by atoms with Gasteiger partial charge in [-0.2, -0.15) is 10.3 Å². The quantitative estimate of drug-likeness (QED) is 0.670. The summed E-state index contributed by atoms with van der Waals surface area (Å²) in [6.07, 6.45) is 1.62. The molecule has 0 bridgehead atoms. The van der Waals surface area contributed by atoms with Crippen LogP contribution in [0, 0.1) is 0 Å². The molecule has 2 heterocycles. The summed E-state index contributed by atoms with van der Waals surface area (Å²) in [4.78, 5) is 11.9. The number of nitrogens with zero attached hydrogens (tertiary/aromatic N) is 5. The molecular formula is C9H14N8O. The lowest BCUT2D eigenvalue weighted by atomic mass is 10.3. The number of amides is 1. The van der Waals surface area contributed by atoms with E-state index in [1.54, 1.807) is 17.8 Å². The molecule has 1 atom stereocenters. The van der Waals surface area contributed by atoms with E-state index in [4.69, 9.17) is 5.73 Å². The predicted molar refractivity (Wildman–Crippen MR) is 62.4 cm³/mol. The summed E-state index contributed by atoms with van der Waals surface area (Å²) in [6, 6.07) is -0.373. The van der Waals surface area contributed by atoms with E-state index in [-0.39, 0.29) is 17.6 Å². The Morgan fingerprint density at radius 3 is 3.00 bits per heavy atom. The van der Waals surface area contributed by atoms with Gasteiger partial charge in [0.25, 0.3) is 5.91 Å². The largest absolute Gasteiger partial charge is 0.396 e. The van der Waals surface area contributed by atoms with Gasteiger partial charge in [-0.3, -0.25) is 9.48 Å². The molecule has 4 N–H and O–H groups in total. The normalized spacial score (nSPS) is 12.3. The summed E-state index contributed by atoms with van der Waals surface area (Å²) in [6.45, 7) is 4.31. The van der Waals surface area contributed by atoms with Gasteiger partial charge in [0.1, 0.15) is 0 Å². The van der Waals surface area contributed by atoms with Crippen molar-refractivity contribution in [3.63, 3.8) is 0 Å². The zero-order chi connectivity index (χ0) is 13.1. The van der Waals surface area contributed by atoms with Crippen molar-refractivity contribution >= 4 is 11.6 Å². The van der Waals surface area contributed by atoms with E-state index in [0.717, 1.165) is 0 Å². The summed E-state index contributed by atoms with van der Waals surface area (Å²) in [5.74, 6) is 0.0360. The topological polar surface area (TPSA) is 127 Å². The van der Waals surface area contributed by atoms with Gasteiger partial charge >= 0.3 is 0 Å². The summed E-state index contributed by atoms with van der Waals surface area (Å²) >= 11 is 0. The SMILES string of the molecule is CCn1cc(N)c(C(=O)NC(C)c2nn[nH]n2)n1. The number of nitrogens with two attached hydrogens (primary N) is 1. The third-order valence-electron chi connectivity index (χ3n) is 2.43. The van der Waals surface area contributed by atoms with E-state index >= 15 is 0 Å². The molecule has 2 aromatic rings. The van der Waals surface area contributed by atoms with E-state index in [1.807, 2.05) is 6.92 Å². The van der Waals surface area contributed by atoms with E-state index in [0.29, 0.717) is 18.1 Å². The summed E-state index contributed by atoms with van der Waals surface area (Å²) < 4.78 is 1.60. The van der Waals surface area contributed by atoms with E-state index in [2.05, 4.69) is 31.0 Å². The highest BCUT2D eigenvalue weighted by molar-refractivity contribution is 5.97. The number of hydrogen-bond donors (Lipinski definition) is 3. The van der Waals surface area contributed by atoms with Crippen LogP contribution >= 0.6 is 0 Å². The minimum atomic E-state index is -0.373. The first-order chi connectivity index (χ1) is 8.61. The highest BCUT2D eigenvalue weighted by atomic mass is 16.2. The first-order valence-corrected chi connectivity index (χ1v) is 5.49. The van der Waals surface area contributed by atoms with Crippen LogP contribution in [0.2, 0.25) is 0 Å². The maximum Gasteiger partial charge on any atom is 0.274 e. The smallest absolute Gasteiger partial charge is 0.274 e. The zero-order valence-corrected chi connectivity index (χ0v) is 10.1. The van der Waals surface area contributed by atoms with Crippen molar-refractivity contribution in [1.29, 1.82) is 0 Å². The van der Waals surface area contributed by atoms with Crippen LogP contribution in [0.25, 0.3) is 0 Å². The number of carbonyl (C=O) groups excluding carboxylic acids is 1. The van der Waals surface area contributed by atoms with E-state index < -0.39 is 0 Å². The van der Waals surface area contributed by atoms with Gasteiger partial charge in [0.2, 0.25) is 0 Å². The second-order valence-corrected chi connectivity index (χ2v) is 3.75. The van der Waals surface area contributed by atoms with Gasteiger partial charge in [-0.05, 0) is 13.8 Å². The number of rotatable bonds is 4. The average Bonchev–Trinajstić information content (AvgIpc) is 2.97. The number of anilines is 1. The van der Waals surface area contributed by atoms with Crippen LogP contribution in [0.1, 0.15) is 36.2 Å². The van der Waals surface area contributed by atoms with E-state index in [9.17, 15) is 4.79 Å². The van der Waals surface area contributed by atoms with Crippen molar-refractivity contribution in [1.82, 2.24) is 35.7 Å². The Hall–Kier alpha value is -2.45. The maximum atomic E-state index is 11.9. The van der Waals surface area contributed by atoms with Gasteiger partial charge in [-0.25, -0.2) is 0 Å². The molecule has 0 spiro atoms. The van der Waals surface area contributed by atoms with Crippen molar-refractivity contribution in [2.45, 2.75) is 26.4 Å². The number of aromatic nitrogens is 6. The minimum absolute atomic E-state index is 0.201. The molecule has 2 rings (SSSR count). The number of aryl methyl sites for hydroxylation is 1. The summed E-state index contributed by atoms with van der Waals surface area (Å²) in [7, 11) is 0. The second kappa shape index (κ2) is 4.82. The molecule has 1 amide bonds. The molecule has 0 saturated heterocycles. The third kappa shape index (κ3) is 2.29. The molecule has 18 heavy (non-hydrogen) atoms. The Labute approximate surface area is 103 Å². The monoisotopic (exact) mass is 250 g/mol. The van der Waals surface area contributed by atoms with Gasteiger partial charge in [0.15, 0.2) is 11.5 Å². The standard InChI is InChI=1S/C9H14N8O/c1-3-17-4-6(10)7(14-17)9(18)11-5(2)8-12-15-16-13-8/h4-5H,3,10H2,1-2H3,(H,11,18)(H,12,13,15,16). The van der Waals surface area contributed by atoms with Crippen molar-refractivity contribution in [3.8, 4) is 0 Å². The van der Waals surface area contributed by atoms with Crippen LogP contribution in [0.5, 0.6) is 0 Å². The van der Waals surface area contributed by atoms with Gasteiger partial charge in [0, 0.05) is 12.7 Å². The van der Waals surface area contributed by atoms with Crippen LogP contribution in [0.3, 0.4) is 0 Å². The molecule has 0 aromatic carbocycles. The van der Waals surface area contributed by atoms with Crippen LogP contribution in [-0.2, 0) is 6.54 Å². The number of hydrogen-bond acceptors (Lipinski definition) is 6. The van der Waals surface area contributed by atoms with Crippen LogP contribution in [0.15, 0.2) is 6.20 Å². The fourth-order valence-electron chi connectivity index (χ4n) is 1.46. The van der Waals surface area contributed by atoms with Crippen LogP contribution in [-0.4, -0.2) is 36.3 Å². The minimum Gasteiger partial charge on any atom is -0.396 e. The molecule has 0 aliphatic carbocycles. The second-order valence-electron chi connectivity index (χ2n) is 3.75. The Morgan fingerprint density at radius 1 is 1.67 bits per heavy atom. The molecule has 1 unspecified atom stereocenters. The fraction of sp³-hybridized carbons (Fsp3) is 0.444. The predicted octanol–water partition coefficient (Wildman–Crippen LogP) is -0.511.